The molecule has 2 aromatic rings. The molecule has 0 aliphatic carbocycles. The molecule has 76 valence electrons. The smallest absolute Gasteiger partial charge is 0.416 e. The van der Waals surface area contributed by atoms with Crippen LogP contribution in [0.4, 0.5) is 4.79 Å². The molecule has 0 spiro atoms. The van der Waals surface area contributed by atoms with E-state index >= 15 is 0 Å². The number of aromatic nitrogens is 2. The highest BCUT2D eigenvalue weighted by Crippen LogP contribution is 2.18. The number of nitrogens with zero attached hydrogens (tertiary/aromatic N) is 2. The van der Waals surface area contributed by atoms with Gasteiger partial charge in [0, 0.05) is 11.6 Å². The summed E-state index contributed by atoms with van der Waals surface area (Å²) >= 11 is 0. The number of carbonyl (C=O) groups is 2. The topological polar surface area (TPSA) is 92.4 Å². The highest BCUT2D eigenvalue weighted by Gasteiger charge is 2.18. The van der Waals surface area contributed by atoms with Crippen molar-refractivity contribution in [3.05, 3.63) is 30.2 Å². The maximum absolute atomic E-state index is 10.9. The lowest BCUT2D eigenvalue weighted by atomic mass is 10.3. The predicted octanol–water partition coefficient (Wildman–Crippen LogP) is 1.26. The van der Waals surface area contributed by atoms with Gasteiger partial charge in [-0.25, -0.2) is 14.2 Å². The molecule has 0 bridgehead atoms. The van der Waals surface area contributed by atoms with E-state index in [4.69, 9.17) is 10.2 Å². The summed E-state index contributed by atoms with van der Waals surface area (Å²) in [7, 11) is 0. The summed E-state index contributed by atoms with van der Waals surface area (Å²) in [5, 5.41) is 18.2. The van der Waals surface area contributed by atoms with Crippen LogP contribution >= 0.6 is 0 Å². The summed E-state index contributed by atoms with van der Waals surface area (Å²) in [6, 6.07) is 2.86. The van der Waals surface area contributed by atoms with E-state index < -0.39 is 12.1 Å². The van der Waals surface area contributed by atoms with Gasteiger partial charge in [0.2, 0.25) is 0 Å². The SMILES string of the molecule is O=C(O)c1cc2ccncc2n1C(=O)O. The van der Waals surface area contributed by atoms with Crippen molar-refractivity contribution in [3.63, 3.8) is 0 Å². The number of carboxylic acid groups (broad SMARTS) is 2. The Morgan fingerprint density at radius 2 is 2.07 bits per heavy atom. The van der Waals surface area contributed by atoms with E-state index in [1.807, 2.05) is 0 Å². The molecule has 0 saturated carbocycles. The van der Waals surface area contributed by atoms with Gasteiger partial charge in [-0.1, -0.05) is 0 Å². The summed E-state index contributed by atoms with van der Waals surface area (Å²) in [5.74, 6) is -1.28. The maximum Gasteiger partial charge on any atom is 0.416 e. The zero-order valence-corrected chi connectivity index (χ0v) is 7.41. The Morgan fingerprint density at radius 1 is 1.33 bits per heavy atom. The molecule has 2 N–H and O–H groups in total. The molecule has 0 amide bonds. The molecular weight excluding hydrogens is 200 g/mol. The van der Waals surface area contributed by atoms with E-state index in [0.29, 0.717) is 9.95 Å². The van der Waals surface area contributed by atoms with Crippen LogP contribution in [0.2, 0.25) is 0 Å². The van der Waals surface area contributed by atoms with E-state index in [9.17, 15) is 9.59 Å². The molecule has 0 aromatic carbocycles. The molecule has 0 aliphatic heterocycles. The van der Waals surface area contributed by atoms with Crippen molar-refractivity contribution in [2.75, 3.05) is 0 Å². The first kappa shape index (κ1) is 9.20. The van der Waals surface area contributed by atoms with Gasteiger partial charge in [0.25, 0.3) is 0 Å². The van der Waals surface area contributed by atoms with Gasteiger partial charge in [-0.15, -0.1) is 0 Å². The van der Waals surface area contributed by atoms with Gasteiger partial charge in [0.15, 0.2) is 0 Å². The van der Waals surface area contributed by atoms with Crippen LogP contribution < -0.4 is 0 Å². The minimum Gasteiger partial charge on any atom is -0.477 e. The highest BCUT2D eigenvalue weighted by molar-refractivity contribution is 6.00. The van der Waals surface area contributed by atoms with Crippen molar-refractivity contribution in [2.24, 2.45) is 0 Å². The molecule has 0 atom stereocenters. The number of hydrogen-bond acceptors (Lipinski definition) is 3. The second-order valence-corrected chi connectivity index (χ2v) is 2.89. The number of carboxylic acids is 1. The number of hydrogen-bond donors (Lipinski definition) is 2. The fraction of sp³-hybridized carbons (Fsp3) is 0. The van der Waals surface area contributed by atoms with Gasteiger partial charge in [-0.2, -0.15) is 0 Å². The van der Waals surface area contributed by atoms with Gasteiger partial charge >= 0.3 is 12.1 Å². The third kappa shape index (κ3) is 1.32. The lowest BCUT2D eigenvalue weighted by Crippen LogP contribution is -2.14. The van der Waals surface area contributed by atoms with E-state index in [0.717, 1.165) is 0 Å². The van der Waals surface area contributed by atoms with Gasteiger partial charge < -0.3 is 10.2 Å². The molecule has 6 nitrogen and oxygen atoms in total. The Hall–Kier alpha value is -2.37. The average molecular weight is 206 g/mol. The monoisotopic (exact) mass is 206 g/mol. The molecule has 6 heteroatoms. The predicted molar refractivity (Wildman–Crippen MR) is 50.1 cm³/mol. The van der Waals surface area contributed by atoms with Crippen LogP contribution in [0.5, 0.6) is 0 Å². The van der Waals surface area contributed by atoms with Gasteiger partial charge in [-0.05, 0) is 12.1 Å². The van der Waals surface area contributed by atoms with Crippen molar-refractivity contribution in [2.45, 2.75) is 0 Å². The molecule has 2 aromatic heterocycles. The maximum atomic E-state index is 10.9. The second kappa shape index (κ2) is 3.09. The quantitative estimate of drug-likeness (QED) is 0.732. The normalized spacial score (nSPS) is 10.4. The third-order valence-electron chi connectivity index (χ3n) is 2.02. The molecule has 0 unspecified atom stereocenters. The minimum atomic E-state index is -1.34. The Morgan fingerprint density at radius 3 is 2.67 bits per heavy atom. The van der Waals surface area contributed by atoms with Crippen LogP contribution in [0, 0.1) is 0 Å². The molecule has 0 fully saturated rings. The van der Waals surface area contributed by atoms with Gasteiger partial charge in [0.1, 0.15) is 5.69 Å². The van der Waals surface area contributed by atoms with Crippen LogP contribution in [-0.4, -0.2) is 31.8 Å². The van der Waals surface area contributed by atoms with Crippen molar-refractivity contribution in [3.8, 4) is 0 Å². The highest BCUT2D eigenvalue weighted by atomic mass is 16.4. The zero-order valence-electron chi connectivity index (χ0n) is 7.41. The Bertz CT molecular complexity index is 558. The minimum absolute atomic E-state index is 0.266. The molecule has 15 heavy (non-hydrogen) atoms. The molecule has 0 radical (unpaired) electrons. The Kier molecular flexibility index (Phi) is 1.89. The summed E-state index contributed by atoms with van der Waals surface area (Å²) in [6.07, 6.45) is 1.45. The fourth-order valence-electron chi connectivity index (χ4n) is 1.41. The lowest BCUT2D eigenvalue weighted by Gasteiger charge is -1.99. The summed E-state index contributed by atoms with van der Waals surface area (Å²) in [4.78, 5) is 25.4. The Balaban J connectivity index is 2.86. The fourth-order valence-corrected chi connectivity index (χ4v) is 1.41. The zero-order chi connectivity index (χ0) is 11.0. The van der Waals surface area contributed by atoms with Gasteiger partial charge in [0.05, 0.1) is 11.7 Å². The summed E-state index contributed by atoms with van der Waals surface area (Å²) in [6.45, 7) is 0. The van der Waals surface area contributed by atoms with E-state index in [1.54, 1.807) is 6.07 Å². The third-order valence-corrected chi connectivity index (χ3v) is 2.02. The number of pyridine rings is 1. The number of aromatic carboxylic acids is 1. The van der Waals surface area contributed by atoms with Crippen molar-refractivity contribution >= 4 is 23.0 Å². The first-order chi connectivity index (χ1) is 7.11. The first-order valence-corrected chi connectivity index (χ1v) is 4.03. The van der Waals surface area contributed by atoms with Crippen molar-refractivity contribution in [1.82, 2.24) is 9.55 Å². The molecule has 2 heterocycles. The van der Waals surface area contributed by atoms with E-state index in [1.165, 1.54) is 18.5 Å². The summed E-state index contributed by atoms with van der Waals surface area (Å²) < 4.78 is 0.699. The number of fused-ring (bicyclic) bond motifs is 1. The van der Waals surface area contributed by atoms with E-state index in [-0.39, 0.29) is 11.2 Å². The molecular formula is C9H6N2O4. The standard InChI is InChI=1S/C9H6N2O4/c12-8(13)6-3-5-1-2-10-4-7(5)11(6)9(14)15/h1-4H,(H,12,13)(H,14,15). The molecule has 2 rings (SSSR count). The Labute approximate surface area is 83.4 Å². The molecule has 0 saturated heterocycles. The second-order valence-electron chi connectivity index (χ2n) is 2.89. The lowest BCUT2D eigenvalue weighted by molar-refractivity contribution is 0.0685. The van der Waals surface area contributed by atoms with Crippen LogP contribution in [0.25, 0.3) is 10.9 Å². The largest absolute Gasteiger partial charge is 0.477 e. The average Bonchev–Trinajstić information content (AvgIpc) is 2.56. The van der Waals surface area contributed by atoms with Gasteiger partial charge in [-0.3, -0.25) is 4.98 Å². The first-order valence-electron chi connectivity index (χ1n) is 4.03. The van der Waals surface area contributed by atoms with E-state index in [2.05, 4.69) is 4.98 Å². The van der Waals surface area contributed by atoms with Crippen LogP contribution in [0.1, 0.15) is 10.5 Å². The van der Waals surface area contributed by atoms with Crippen LogP contribution in [0.3, 0.4) is 0 Å². The van der Waals surface area contributed by atoms with Crippen molar-refractivity contribution in [1.29, 1.82) is 0 Å². The van der Waals surface area contributed by atoms with Crippen LogP contribution in [-0.2, 0) is 0 Å². The molecule has 0 aliphatic rings. The van der Waals surface area contributed by atoms with Crippen molar-refractivity contribution < 1.29 is 19.8 Å². The van der Waals surface area contributed by atoms with Crippen LogP contribution in [0.15, 0.2) is 24.5 Å². The summed E-state index contributed by atoms with van der Waals surface area (Å²) in [5.41, 5.74) is -0.0205. The number of rotatable bonds is 1.